The third-order valence-electron chi connectivity index (χ3n) is 4.05. The Morgan fingerprint density at radius 1 is 1.50 bits per heavy atom. The van der Waals surface area contributed by atoms with Crippen molar-refractivity contribution in [1.29, 1.82) is 0 Å². The first kappa shape index (κ1) is 15.5. The number of ether oxygens (including phenoxy) is 1. The largest absolute Gasteiger partial charge is 0.477 e. The maximum atomic E-state index is 11.0. The van der Waals surface area contributed by atoms with E-state index in [1.54, 1.807) is 6.07 Å². The molecule has 2 unspecified atom stereocenters. The number of carboxylic acid groups (broad SMARTS) is 1. The first-order chi connectivity index (χ1) is 9.27. The van der Waals surface area contributed by atoms with Crippen LogP contribution in [0.3, 0.4) is 0 Å². The molecule has 2 atom stereocenters. The molecule has 3 nitrogen and oxygen atoms in total. The lowest BCUT2D eigenvalue weighted by atomic mass is 9.71. The molecule has 1 saturated carbocycles. The van der Waals surface area contributed by atoms with Crippen molar-refractivity contribution < 1.29 is 14.6 Å². The van der Waals surface area contributed by atoms with Gasteiger partial charge in [0.2, 0.25) is 0 Å². The number of carboxylic acids is 1. The van der Waals surface area contributed by atoms with Crippen molar-refractivity contribution in [2.45, 2.75) is 59.7 Å². The number of carbonyl (C=O) groups is 1. The highest BCUT2D eigenvalue weighted by Crippen LogP contribution is 2.40. The molecule has 1 N–H and O–H groups in total. The fraction of sp³-hybridized carbons (Fsp3) is 0.688. The molecule has 0 radical (unpaired) electrons. The van der Waals surface area contributed by atoms with Gasteiger partial charge in [0, 0.05) is 4.88 Å². The number of hydrogen-bond donors (Lipinski definition) is 1. The zero-order valence-corrected chi connectivity index (χ0v) is 13.5. The third-order valence-corrected chi connectivity index (χ3v) is 5.13. The van der Waals surface area contributed by atoms with Gasteiger partial charge < -0.3 is 9.84 Å². The van der Waals surface area contributed by atoms with Crippen LogP contribution in [-0.2, 0) is 11.3 Å². The number of hydrogen-bond acceptors (Lipinski definition) is 3. The third kappa shape index (κ3) is 3.83. The number of thiophene rings is 1. The molecule has 112 valence electrons. The quantitative estimate of drug-likeness (QED) is 0.890. The van der Waals surface area contributed by atoms with Crippen LogP contribution >= 0.6 is 11.3 Å². The fourth-order valence-electron chi connectivity index (χ4n) is 3.36. The van der Waals surface area contributed by atoms with Crippen molar-refractivity contribution >= 4 is 17.3 Å². The Labute approximate surface area is 125 Å². The molecule has 0 spiro atoms. The average Bonchev–Trinajstić information content (AvgIpc) is 2.65. The zero-order chi connectivity index (χ0) is 14.9. The minimum Gasteiger partial charge on any atom is -0.477 e. The van der Waals surface area contributed by atoms with Gasteiger partial charge in [0.25, 0.3) is 0 Å². The first-order valence-corrected chi connectivity index (χ1v) is 8.03. The number of rotatable bonds is 4. The molecule has 2 rings (SSSR count). The van der Waals surface area contributed by atoms with E-state index >= 15 is 0 Å². The second-order valence-corrected chi connectivity index (χ2v) is 8.10. The summed E-state index contributed by atoms with van der Waals surface area (Å²) in [6.07, 6.45) is 3.75. The summed E-state index contributed by atoms with van der Waals surface area (Å²) in [5.41, 5.74) is 1.36. The molecule has 1 fully saturated rings. The topological polar surface area (TPSA) is 46.5 Å². The Morgan fingerprint density at radius 3 is 2.75 bits per heavy atom. The smallest absolute Gasteiger partial charge is 0.345 e. The molecule has 0 saturated heterocycles. The maximum Gasteiger partial charge on any atom is 0.345 e. The predicted molar refractivity (Wildman–Crippen MR) is 81.4 cm³/mol. The number of aryl methyl sites for hydroxylation is 1. The van der Waals surface area contributed by atoms with Crippen LogP contribution in [0.25, 0.3) is 0 Å². The van der Waals surface area contributed by atoms with Crippen molar-refractivity contribution in [3.05, 3.63) is 21.4 Å². The minimum absolute atomic E-state index is 0.293. The molecule has 1 aromatic rings. The molecule has 1 aromatic heterocycles. The molecule has 0 bridgehead atoms. The van der Waals surface area contributed by atoms with Gasteiger partial charge in [-0.2, -0.15) is 0 Å². The van der Waals surface area contributed by atoms with Crippen molar-refractivity contribution in [3.8, 4) is 0 Å². The van der Waals surface area contributed by atoms with E-state index in [0.29, 0.717) is 28.9 Å². The van der Waals surface area contributed by atoms with Gasteiger partial charge >= 0.3 is 5.97 Å². The van der Waals surface area contributed by atoms with E-state index < -0.39 is 5.97 Å². The maximum absolute atomic E-state index is 11.0. The molecule has 20 heavy (non-hydrogen) atoms. The van der Waals surface area contributed by atoms with Crippen LogP contribution in [0.15, 0.2) is 6.07 Å². The Hall–Kier alpha value is -0.870. The van der Waals surface area contributed by atoms with Crippen molar-refractivity contribution in [1.82, 2.24) is 0 Å². The van der Waals surface area contributed by atoms with Crippen LogP contribution in [0.2, 0.25) is 0 Å². The van der Waals surface area contributed by atoms with Crippen LogP contribution in [0.5, 0.6) is 0 Å². The minimum atomic E-state index is -0.850. The van der Waals surface area contributed by atoms with Crippen molar-refractivity contribution in [3.63, 3.8) is 0 Å². The molecule has 4 heteroatoms. The zero-order valence-electron chi connectivity index (χ0n) is 12.7. The standard InChI is InChI=1S/C16H24O3S/c1-10-5-13(8-16(3,4)7-10)19-9-12-6-14(15(17)18)20-11(12)2/h6,10,13H,5,7-9H2,1-4H3,(H,17,18). The Morgan fingerprint density at radius 2 is 2.20 bits per heavy atom. The Balaban J connectivity index is 1.96. The molecule has 0 aromatic carbocycles. The van der Waals surface area contributed by atoms with E-state index in [9.17, 15) is 4.79 Å². The summed E-state index contributed by atoms with van der Waals surface area (Å²) in [5, 5.41) is 9.01. The van der Waals surface area contributed by atoms with Crippen LogP contribution in [0.1, 0.15) is 60.1 Å². The van der Waals surface area contributed by atoms with Gasteiger partial charge in [0.05, 0.1) is 12.7 Å². The predicted octanol–water partition coefficient (Wildman–Crippen LogP) is 4.49. The normalized spacial score (nSPS) is 25.6. The Kier molecular flexibility index (Phi) is 4.55. The van der Waals surface area contributed by atoms with E-state index in [2.05, 4.69) is 20.8 Å². The van der Waals surface area contributed by atoms with Crippen molar-refractivity contribution in [2.24, 2.45) is 11.3 Å². The van der Waals surface area contributed by atoms with Crippen LogP contribution in [0, 0.1) is 18.3 Å². The van der Waals surface area contributed by atoms with E-state index in [0.717, 1.165) is 23.3 Å². The molecule has 1 heterocycles. The summed E-state index contributed by atoms with van der Waals surface area (Å²) in [6, 6.07) is 1.75. The fourth-order valence-corrected chi connectivity index (χ4v) is 4.23. The van der Waals surface area contributed by atoms with E-state index in [-0.39, 0.29) is 0 Å². The van der Waals surface area contributed by atoms with Gasteiger partial charge in [-0.3, -0.25) is 0 Å². The molecule has 1 aliphatic rings. The number of aromatic carboxylic acids is 1. The SMILES string of the molecule is Cc1sc(C(=O)O)cc1COC1CC(C)CC(C)(C)C1. The highest BCUT2D eigenvalue weighted by atomic mass is 32.1. The van der Waals surface area contributed by atoms with Gasteiger partial charge in [0.15, 0.2) is 0 Å². The first-order valence-electron chi connectivity index (χ1n) is 7.21. The average molecular weight is 296 g/mol. The second-order valence-electron chi connectivity index (χ2n) is 6.84. The van der Waals surface area contributed by atoms with Gasteiger partial charge in [-0.1, -0.05) is 20.8 Å². The van der Waals surface area contributed by atoms with E-state index in [1.165, 1.54) is 17.8 Å². The van der Waals surface area contributed by atoms with E-state index in [1.807, 2.05) is 6.92 Å². The molecular formula is C16H24O3S. The van der Waals surface area contributed by atoms with Gasteiger partial charge in [-0.15, -0.1) is 11.3 Å². The Bertz CT molecular complexity index is 490. The summed E-state index contributed by atoms with van der Waals surface area (Å²) >= 11 is 1.33. The van der Waals surface area contributed by atoms with Crippen LogP contribution in [-0.4, -0.2) is 17.2 Å². The monoisotopic (exact) mass is 296 g/mol. The highest BCUT2D eigenvalue weighted by molar-refractivity contribution is 7.14. The second kappa shape index (κ2) is 5.86. The molecule has 1 aliphatic carbocycles. The van der Waals surface area contributed by atoms with Crippen LogP contribution < -0.4 is 0 Å². The summed E-state index contributed by atoms with van der Waals surface area (Å²) in [7, 11) is 0. The highest BCUT2D eigenvalue weighted by Gasteiger charge is 2.32. The summed E-state index contributed by atoms with van der Waals surface area (Å²) < 4.78 is 6.06. The van der Waals surface area contributed by atoms with Gasteiger partial charge in [-0.25, -0.2) is 4.79 Å². The lowest BCUT2D eigenvalue weighted by molar-refractivity contribution is -0.0316. The lowest BCUT2D eigenvalue weighted by Gasteiger charge is -2.38. The molecule has 0 amide bonds. The van der Waals surface area contributed by atoms with Gasteiger partial charge in [-0.05, 0) is 49.1 Å². The molecular weight excluding hydrogens is 272 g/mol. The van der Waals surface area contributed by atoms with Crippen molar-refractivity contribution in [2.75, 3.05) is 0 Å². The molecule has 0 aliphatic heterocycles. The van der Waals surface area contributed by atoms with Crippen LogP contribution in [0.4, 0.5) is 0 Å². The lowest BCUT2D eigenvalue weighted by Crippen LogP contribution is -2.32. The van der Waals surface area contributed by atoms with E-state index in [4.69, 9.17) is 9.84 Å². The summed E-state index contributed by atoms with van der Waals surface area (Å²) in [6.45, 7) is 9.39. The summed E-state index contributed by atoms with van der Waals surface area (Å²) in [5.74, 6) is -0.154. The summed E-state index contributed by atoms with van der Waals surface area (Å²) in [4.78, 5) is 12.4. The van der Waals surface area contributed by atoms with Gasteiger partial charge in [0.1, 0.15) is 4.88 Å².